The second kappa shape index (κ2) is 6.77. The lowest BCUT2D eigenvalue weighted by Gasteiger charge is -2.25. The molecule has 0 saturated heterocycles. The van der Waals surface area contributed by atoms with Gasteiger partial charge in [0.05, 0.1) is 13.7 Å². The van der Waals surface area contributed by atoms with Gasteiger partial charge < -0.3 is 15.0 Å². The first-order valence-corrected chi connectivity index (χ1v) is 5.91. The molecule has 0 saturated carbocycles. The van der Waals surface area contributed by atoms with Crippen LogP contribution in [0, 0.1) is 0 Å². The molecule has 1 rings (SSSR count). The first-order chi connectivity index (χ1) is 8.83. The highest BCUT2D eigenvalue weighted by molar-refractivity contribution is 5.30. The van der Waals surface area contributed by atoms with E-state index in [4.69, 9.17) is 4.74 Å². The lowest BCUT2D eigenvalue weighted by atomic mass is 10.1. The van der Waals surface area contributed by atoms with Crippen molar-refractivity contribution in [3.05, 3.63) is 29.8 Å². The molecule has 0 spiro atoms. The Morgan fingerprint density at radius 2 is 2.00 bits per heavy atom. The standard InChI is InChI=1S/C13H19F3N2O/c1-18(2)12(8-17-9-13(14,15)16)10-5-4-6-11(7-10)19-3/h4-7,12,17H,8-9H2,1-3H3. The Kier molecular flexibility index (Phi) is 5.62. The van der Waals surface area contributed by atoms with Gasteiger partial charge in [0.25, 0.3) is 0 Å². The van der Waals surface area contributed by atoms with Gasteiger partial charge in [-0.3, -0.25) is 0 Å². The molecule has 1 atom stereocenters. The molecule has 0 aromatic heterocycles. The third-order valence-corrected chi connectivity index (χ3v) is 2.77. The fourth-order valence-electron chi connectivity index (χ4n) is 1.80. The predicted octanol–water partition coefficient (Wildman–Crippen LogP) is 2.45. The number of hydrogen-bond donors (Lipinski definition) is 1. The monoisotopic (exact) mass is 276 g/mol. The molecule has 0 amide bonds. The molecule has 0 fully saturated rings. The molecule has 0 heterocycles. The van der Waals surface area contributed by atoms with Crippen molar-refractivity contribution in [2.75, 3.05) is 34.3 Å². The van der Waals surface area contributed by atoms with E-state index in [1.165, 1.54) is 0 Å². The Morgan fingerprint density at radius 3 is 2.53 bits per heavy atom. The molecule has 0 bridgehead atoms. The number of rotatable bonds is 6. The highest BCUT2D eigenvalue weighted by atomic mass is 19.4. The molecule has 0 aliphatic heterocycles. The molecule has 0 radical (unpaired) electrons. The van der Waals surface area contributed by atoms with Gasteiger partial charge in [-0.2, -0.15) is 13.2 Å². The van der Waals surface area contributed by atoms with E-state index in [-0.39, 0.29) is 12.6 Å². The Hall–Kier alpha value is -1.27. The van der Waals surface area contributed by atoms with E-state index in [0.29, 0.717) is 5.75 Å². The van der Waals surface area contributed by atoms with Crippen molar-refractivity contribution in [3.63, 3.8) is 0 Å². The maximum absolute atomic E-state index is 12.1. The van der Waals surface area contributed by atoms with Gasteiger partial charge in [0, 0.05) is 12.6 Å². The number of halogens is 3. The van der Waals surface area contributed by atoms with Crippen LogP contribution in [-0.2, 0) is 0 Å². The van der Waals surface area contributed by atoms with Crippen molar-refractivity contribution < 1.29 is 17.9 Å². The second-order valence-corrected chi connectivity index (χ2v) is 4.50. The number of nitrogens with zero attached hydrogens (tertiary/aromatic N) is 1. The Bertz CT molecular complexity index is 394. The van der Waals surface area contributed by atoms with Crippen LogP contribution in [0.15, 0.2) is 24.3 Å². The van der Waals surface area contributed by atoms with E-state index in [1.54, 1.807) is 13.2 Å². The van der Waals surface area contributed by atoms with E-state index in [9.17, 15) is 13.2 Å². The molecule has 19 heavy (non-hydrogen) atoms. The second-order valence-electron chi connectivity index (χ2n) is 4.50. The van der Waals surface area contributed by atoms with Crippen LogP contribution in [0.4, 0.5) is 13.2 Å². The molecule has 1 aromatic rings. The van der Waals surface area contributed by atoms with Crippen LogP contribution in [-0.4, -0.2) is 45.4 Å². The molecular formula is C13H19F3N2O. The molecule has 1 N–H and O–H groups in total. The van der Waals surface area contributed by atoms with Crippen LogP contribution in [0.2, 0.25) is 0 Å². The molecular weight excluding hydrogens is 257 g/mol. The quantitative estimate of drug-likeness (QED) is 0.863. The number of likely N-dealkylation sites (N-methyl/N-ethyl adjacent to an activating group) is 1. The van der Waals surface area contributed by atoms with Gasteiger partial charge in [0.15, 0.2) is 0 Å². The van der Waals surface area contributed by atoms with Crippen LogP contribution in [0.1, 0.15) is 11.6 Å². The maximum atomic E-state index is 12.1. The molecule has 0 aliphatic carbocycles. The molecule has 1 aromatic carbocycles. The molecule has 6 heteroatoms. The summed E-state index contributed by atoms with van der Waals surface area (Å²) in [5.74, 6) is 0.695. The zero-order chi connectivity index (χ0) is 14.5. The minimum Gasteiger partial charge on any atom is -0.497 e. The first-order valence-electron chi connectivity index (χ1n) is 5.91. The normalized spacial score (nSPS) is 13.6. The lowest BCUT2D eigenvalue weighted by Crippen LogP contribution is -2.36. The van der Waals surface area contributed by atoms with Crippen LogP contribution in [0.25, 0.3) is 0 Å². The Balaban J connectivity index is 2.71. The third-order valence-electron chi connectivity index (χ3n) is 2.77. The van der Waals surface area contributed by atoms with Gasteiger partial charge in [-0.05, 0) is 31.8 Å². The fraction of sp³-hybridized carbons (Fsp3) is 0.538. The lowest BCUT2D eigenvalue weighted by molar-refractivity contribution is -0.125. The third kappa shape index (κ3) is 5.48. The van der Waals surface area contributed by atoms with E-state index in [1.807, 2.05) is 37.2 Å². The summed E-state index contributed by atoms with van der Waals surface area (Å²) in [5.41, 5.74) is 0.916. The summed E-state index contributed by atoms with van der Waals surface area (Å²) < 4.78 is 41.5. The van der Waals surface area contributed by atoms with Gasteiger partial charge >= 0.3 is 6.18 Å². The van der Waals surface area contributed by atoms with Gasteiger partial charge in [-0.15, -0.1) is 0 Å². The largest absolute Gasteiger partial charge is 0.497 e. The minimum absolute atomic E-state index is 0.141. The van der Waals surface area contributed by atoms with Crippen molar-refractivity contribution in [1.82, 2.24) is 10.2 Å². The number of ether oxygens (including phenoxy) is 1. The molecule has 3 nitrogen and oxygen atoms in total. The summed E-state index contributed by atoms with van der Waals surface area (Å²) >= 11 is 0. The summed E-state index contributed by atoms with van der Waals surface area (Å²) in [6.07, 6.45) is -4.19. The number of benzene rings is 1. The number of alkyl halides is 3. The smallest absolute Gasteiger partial charge is 0.401 e. The fourth-order valence-corrected chi connectivity index (χ4v) is 1.80. The number of nitrogens with one attached hydrogen (secondary N) is 1. The van der Waals surface area contributed by atoms with Crippen molar-refractivity contribution in [1.29, 1.82) is 0 Å². The Labute approximate surface area is 111 Å². The van der Waals surface area contributed by atoms with Crippen LogP contribution in [0.5, 0.6) is 5.75 Å². The van der Waals surface area contributed by atoms with E-state index < -0.39 is 12.7 Å². The van der Waals surface area contributed by atoms with Crippen LogP contribution < -0.4 is 10.1 Å². The summed E-state index contributed by atoms with van der Waals surface area (Å²) in [6.45, 7) is -0.763. The van der Waals surface area contributed by atoms with E-state index >= 15 is 0 Å². The zero-order valence-corrected chi connectivity index (χ0v) is 11.3. The highest BCUT2D eigenvalue weighted by Gasteiger charge is 2.27. The Morgan fingerprint density at radius 1 is 1.32 bits per heavy atom. The van der Waals surface area contributed by atoms with Crippen molar-refractivity contribution >= 4 is 0 Å². The SMILES string of the molecule is COc1cccc(C(CNCC(F)(F)F)N(C)C)c1. The van der Waals surface area contributed by atoms with Crippen LogP contribution in [0.3, 0.4) is 0 Å². The van der Waals surface area contributed by atoms with Crippen molar-refractivity contribution in [2.45, 2.75) is 12.2 Å². The van der Waals surface area contributed by atoms with Crippen molar-refractivity contribution in [3.8, 4) is 5.75 Å². The van der Waals surface area contributed by atoms with Crippen molar-refractivity contribution in [2.24, 2.45) is 0 Å². The number of methoxy groups -OCH3 is 1. The van der Waals surface area contributed by atoms with Gasteiger partial charge in [0.1, 0.15) is 5.75 Å². The highest BCUT2D eigenvalue weighted by Crippen LogP contribution is 2.22. The molecule has 1 unspecified atom stereocenters. The zero-order valence-electron chi connectivity index (χ0n) is 11.3. The average Bonchev–Trinajstić information content (AvgIpc) is 2.33. The molecule has 108 valence electrons. The summed E-state index contributed by atoms with van der Waals surface area (Å²) in [4.78, 5) is 1.87. The minimum atomic E-state index is -4.19. The average molecular weight is 276 g/mol. The first kappa shape index (κ1) is 15.8. The van der Waals surface area contributed by atoms with Gasteiger partial charge in [0.2, 0.25) is 0 Å². The summed E-state index contributed by atoms with van der Waals surface area (Å²) in [7, 11) is 5.23. The predicted molar refractivity (Wildman–Crippen MR) is 68.3 cm³/mol. The van der Waals surface area contributed by atoms with Gasteiger partial charge in [-0.25, -0.2) is 0 Å². The molecule has 0 aliphatic rings. The van der Waals surface area contributed by atoms with Crippen LogP contribution >= 0.6 is 0 Å². The van der Waals surface area contributed by atoms with E-state index in [0.717, 1.165) is 5.56 Å². The topological polar surface area (TPSA) is 24.5 Å². The summed E-state index contributed by atoms with van der Waals surface area (Å²) in [5, 5.41) is 2.44. The van der Waals surface area contributed by atoms with Gasteiger partial charge in [-0.1, -0.05) is 12.1 Å². The van der Waals surface area contributed by atoms with E-state index in [2.05, 4.69) is 5.32 Å². The summed E-state index contributed by atoms with van der Waals surface area (Å²) in [6, 6.07) is 7.20. The maximum Gasteiger partial charge on any atom is 0.401 e. The number of hydrogen-bond acceptors (Lipinski definition) is 3.